The maximum Gasteiger partial charge on any atom is 0.270 e. The number of amides is 1. The van der Waals surface area contributed by atoms with E-state index in [0.29, 0.717) is 40.2 Å². The number of thioether (sulfide) groups is 1. The van der Waals surface area contributed by atoms with E-state index in [4.69, 9.17) is 17.0 Å². The zero-order valence-electron chi connectivity index (χ0n) is 22.5. The Morgan fingerprint density at radius 3 is 2.47 bits per heavy atom. The number of nitriles is 1. The van der Waals surface area contributed by atoms with Crippen LogP contribution in [0.1, 0.15) is 55.4 Å². The minimum absolute atomic E-state index is 0.133. The highest BCUT2D eigenvalue weighted by Gasteiger charge is 2.33. The van der Waals surface area contributed by atoms with Crippen LogP contribution in [0.3, 0.4) is 0 Å². The average molecular weight is 551 g/mol. The number of ether oxygens (including phenoxy) is 1. The maximum atomic E-state index is 13.5. The van der Waals surface area contributed by atoms with Crippen LogP contribution in [-0.4, -0.2) is 46.4 Å². The molecule has 0 bridgehead atoms. The number of nitrogens with zero attached hydrogens (tertiary/aromatic N) is 4. The molecule has 2 saturated heterocycles. The Hall–Kier alpha value is -3.09. The summed E-state index contributed by atoms with van der Waals surface area (Å²) >= 11 is 6.87. The lowest BCUT2D eigenvalue weighted by atomic mass is 9.97. The van der Waals surface area contributed by atoms with Gasteiger partial charge in [0.2, 0.25) is 0 Å². The second-order valence-corrected chi connectivity index (χ2v) is 11.6. The number of thiocarbonyl (C=S) groups is 1. The monoisotopic (exact) mass is 550 g/mol. The van der Waals surface area contributed by atoms with Gasteiger partial charge >= 0.3 is 0 Å². The van der Waals surface area contributed by atoms with Crippen LogP contribution < -0.4 is 15.2 Å². The fourth-order valence-corrected chi connectivity index (χ4v) is 6.28. The molecule has 200 valence electrons. The van der Waals surface area contributed by atoms with E-state index in [1.165, 1.54) is 11.8 Å². The summed E-state index contributed by atoms with van der Waals surface area (Å²) in [6, 6.07) is 9.91. The molecule has 0 spiro atoms. The quantitative estimate of drug-likeness (QED) is 0.333. The zero-order chi connectivity index (χ0) is 27.4. The minimum Gasteiger partial charge on any atom is -0.497 e. The van der Waals surface area contributed by atoms with E-state index in [9.17, 15) is 14.9 Å². The molecular formula is C29H34N4O3S2. The van der Waals surface area contributed by atoms with Crippen LogP contribution in [0.25, 0.3) is 6.08 Å². The van der Waals surface area contributed by atoms with Crippen LogP contribution in [0.15, 0.2) is 34.0 Å². The van der Waals surface area contributed by atoms with E-state index in [-0.39, 0.29) is 17.0 Å². The zero-order valence-corrected chi connectivity index (χ0v) is 24.1. The number of aromatic nitrogens is 1. The van der Waals surface area contributed by atoms with Crippen molar-refractivity contribution in [2.45, 2.75) is 53.0 Å². The van der Waals surface area contributed by atoms with Gasteiger partial charge in [0.15, 0.2) is 0 Å². The molecular weight excluding hydrogens is 516 g/mol. The van der Waals surface area contributed by atoms with Crippen molar-refractivity contribution in [3.8, 4) is 11.8 Å². The van der Waals surface area contributed by atoms with Gasteiger partial charge in [-0.25, -0.2) is 0 Å². The van der Waals surface area contributed by atoms with Gasteiger partial charge < -0.3 is 9.64 Å². The molecule has 0 aliphatic carbocycles. The molecule has 0 saturated carbocycles. The third-order valence-electron chi connectivity index (χ3n) is 7.31. The first-order valence-electron chi connectivity index (χ1n) is 13.1. The van der Waals surface area contributed by atoms with Gasteiger partial charge in [-0.3, -0.25) is 19.1 Å². The van der Waals surface area contributed by atoms with Crippen LogP contribution in [0.5, 0.6) is 5.75 Å². The number of hydrogen-bond donors (Lipinski definition) is 0. The lowest BCUT2D eigenvalue weighted by Gasteiger charge is -2.35. The van der Waals surface area contributed by atoms with Crippen molar-refractivity contribution in [2.24, 2.45) is 5.92 Å². The first kappa shape index (κ1) is 27.9. The van der Waals surface area contributed by atoms with E-state index < -0.39 is 0 Å². The number of methoxy groups -OCH3 is 1. The number of benzene rings is 1. The van der Waals surface area contributed by atoms with Crippen molar-refractivity contribution in [1.29, 1.82) is 5.26 Å². The molecule has 3 heterocycles. The predicted molar refractivity (Wildman–Crippen MR) is 158 cm³/mol. The third kappa shape index (κ3) is 5.67. The number of pyridine rings is 1. The van der Waals surface area contributed by atoms with Crippen LogP contribution in [0, 0.1) is 24.2 Å². The molecule has 0 atom stereocenters. The Bertz CT molecular complexity index is 1350. The Balaban J connectivity index is 1.70. The summed E-state index contributed by atoms with van der Waals surface area (Å²) in [7, 11) is 1.63. The standard InChI is InChI=1S/C29H34N4O3S2/c1-5-13-32-26(31-14-10-19(2)11-15-31)23(20(3)24(18-30)27(32)34)17-25-28(35)33(29(37)38-25)16-12-21-6-8-22(36-4)9-7-21/h6-9,17,19H,5,10-16H2,1-4H3. The van der Waals surface area contributed by atoms with Crippen molar-refractivity contribution in [2.75, 3.05) is 31.6 Å². The Labute approximate surface area is 234 Å². The highest BCUT2D eigenvalue weighted by Crippen LogP contribution is 2.37. The second kappa shape index (κ2) is 12.2. The molecule has 38 heavy (non-hydrogen) atoms. The predicted octanol–water partition coefficient (Wildman–Crippen LogP) is 5.13. The number of piperidine rings is 1. The SMILES string of the molecule is CCCn1c(N2CCC(C)CC2)c(C=C2SC(=S)N(CCc3ccc(OC)cc3)C2=O)c(C)c(C#N)c1=O. The second-order valence-electron chi connectivity index (χ2n) is 9.91. The molecule has 2 aromatic rings. The summed E-state index contributed by atoms with van der Waals surface area (Å²) in [6.07, 6.45) is 5.35. The van der Waals surface area contributed by atoms with E-state index in [1.54, 1.807) is 16.6 Å². The van der Waals surface area contributed by atoms with Gasteiger partial charge in [0.25, 0.3) is 11.5 Å². The largest absolute Gasteiger partial charge is 0.497 e. The van der Waals surface area contributed by atoms with Crippen LogP contribution in [-0.2, 0) is 17.8 Å². The first-order valence-corrected chi connectivity index (χ1v) is 14.3. The van der Waals surface area contributed by atoms with Gasteiger partial charge in [-0.15, -0.1) is 0 Å². The topological polar surface area (TPSA) is 78.6 Å². The Morgan fingerprint density at radius 2 is 1.87 bits per heavy atom. The van der Waals surface area contributed by atoms with Crippen LogP contribution in [0.4, 0.5) is 5.82 Å². The summed E-state index contributed by atoms with van der Waals surface area (Å²) in [6.45, 7) is 8.73. The number of anilines is 1. The summed E-state index contributed by atoms with van der Waals surface area (Å²) in [5, 5.41) is 9.85. The van der Waals surface area contributed by atoms with Crippen molar-refractivity contribution >= 4 is 46.1 Å². The molecule has 2 fully saturated rings. The highest BCUT2D eigenvalue weighted by atomic mass is 32.2. The number of rotatable bonds is 8. The van der Waals surface area contributed by atoms with Gasteiger partial charge in [0.1, 0.15) is 27.5 Å². The lowest BCUT2D eigenvalue weighted by molar-refractivity contribution is -0.122. The number of carbonyl (C=O) groups excluding carboxylic acids is 1. The van der Waals surface area contributed by atoms with Gasteiger partial charge in [-0.05, 0) is 67.9 Å². The lowest BCUT2D eigenvalue weighted by Crippen LogP contribution is -2.39. The molecule has 0 N–H and O–H groups in total. The van der Waals surface area contributed by atoms with Crippen molar-refractivity contribution in [3.63, 3.8) is 0 Å². The summed E-state index contributed by atoms with van der Waals surface area (Å²) in [5.41, 5.74) is 2.34. The maximum absolute atomic E-state index is 13.5. The molecule has 4 rings (SSSR count). The molecule has 1 aromatic heterocycles. The van der Waals surface area contributed by atoms with E-state index in [0.717, 1.165) is 55.0 Å². The molecule has 0 radical (unpaired) electrons. The van der Waals surface area contributed by atoms with Gasteiger partial charge in [0, 0.05) is 31.7 Å². The Morgan fingerprint density at radius 1 is 1.18 bits per heavy atom. The Kier molecular flexibility index (Phi) is 8.95. The summed E-state index contributed by atoms with van der Waals surface area (Å²) in [4.78, 5) is 31.2. The molecule has 1 aromatic carbocycles. The van der Waals surface area contributed by atoms with E-state index in [1.807, 2.05) is 44.2 Å². The highest BCUT2D eigenvalue weighted by molar-refractivity contribution is 8.26. The smallest absolute Gasteiger partial charge is 0.270 e. The molecule has 7 nitrogen and oxygen atoms in total. The molecule has 1 amide bonds. The molecule has 0 unspecified atom stereocenters. The average Bonchev–Trinajstić information content (AvgIpc) is 3.18. The van der Waals surface area contributed by atoms with Crippen LogP contribution in [0.2, 0.25) is 0 Å². The van der Waals surface area contributed by atoms with E-state index >= 15 is 0 Å². The summed E-state index contributed by atoms with van der Waals surface area (Å²) in [5.74, 6) is 2.09. The normalized spacial score (nSPS) is 17.4. The fourth-order valence-electron chi connectivity index (χ4n) is 4.99. The van der Waals surface area contributed by atoms with Gasteiger partial charge in [-0.2, -0.15) is 5.26 Å². The van der Waals surface area contributed by atoms with E-state index in [2.05, 4.69) is 17.9 Å². The van der Waals surface area contributed by atoms with Crippen molar-refractivity contribution < 1.29 is 9.53 Å². The summed E-state index contributed by atoms with van der Waals surface area (Å²) < 4.78 is 7.48. The fraction of sp³-hybridized carbons (Fsp3) is 0.448. The first-order chi connectivity index (χ1) is 18.3. The molecule has 9 heteroatoms. The minimum atomic E-state index is -0.260. The van der Waals surface area contributed by atoms with Crippen molar-refractivity contribution in [1.82, 2.24) is 9.47 Å². The number of hydrogen-bond acceptors (Lipinski definition) is 7. The number of carbonyl (C=O) groups is 1. The molecule has 2 aliphatic heterocycles. The third-order valence-corrected chi connectivity index (χ3v) is 8.69. The van der Waals surface area contributed by atoms with Crippen molar-refractivity contribution in [3.05, 3.63) is 61.8 Å². The van der Waals surface area contributed by atoms with Crippen LogP contribution >= 0.6 is 24.0 Å². The molecule has 2 aliphatic rings. The van der Waals surface area contributed by atoms with Gasteiger partial charge in [-0.1, -0.05) is 50.0 Å². The van der Waals surface area contributed by atoms with Gasteiger partial charge in [0.05, 0.1) is 12.0 Å².